The Labute approximate surface area is 118 Å². The van der Waals surface area contributed by atoms with Gasteiger partial charge in [-0.05, 0) is 24.3 Å². The molecular weight excluding hydrogens is 260 g/mol. The number of aliphatic hydroxyl groups excluding tert-OH is 2. The molecule has 1 heterocycles. The number of hydrogen-bond acceptors (Lipinski definition) is 5. The van der Waals surface area contributed by atoms with Gasteiger partial charge in [0.25, 0.3) is 0 Å². The second-order valence-electron chi connectivity index (χ2n) is 7.21. The number of carbonyl (C=O) groups excluding carboxylic acids is 1. The van der Waals surface area contributed by atoms with Crippen LogP contribution in [-0.2, 0) is 9.53 Å². The van der Waals surface area contributed by atoms with Crippen molar-refractivity contribution < 1.29 is 24.9 Å². The van der Waals surface area contributed by atoms with E-state index in [2.05, 4.69) is 0 Å². The molecule has 1 fully saturated rings. The zero-order valence-electron chi connectivity index (χ0n) is 12.1. The van der Waals surface area contributed by atoms with Crippen LogP contribution in [0.4, 0.5) is 0 Å². The molecule has 3 N–H and O–H groups in total. The summed E-state index contributed by atoms with van der Waals surface area (Å²) in [5.41, 5.74) is -0.540. The Balaban J connectivity index is 2.09. The van der Waals surface area contributed by atoms with E-state index in [9.17, 15) is 20.1 Å². The minimum absolute atomic E-state index is 0.0157. The molecule has 0 radical (unpaired) electrons. The minimum atomic E-state index is -1.17. The third-order valence-corrected chi connectivity index (χ3v) is 5.42. The molecule has 2 aliphatic carbocycles. The van der Waals surface area contributed by atoms with E-state index in [0.29, 0.717) is 17.6 Å². The molecule has 0 amide bonds. The highest BCUT2D eigenvalue weighted by atomic mass is 16.6. The van der Waals surface area contributed by atoms with E-state index in [1.165, 1.54) is 0 Å². The molecule has 5 atom stereocenters. The van der Waals surface area contributed by atoms with Crippen LogP contribution in [0.25, 0.3) is 0 Å². The monoisotopic (exact) mass is 282 g/mol. The molecule has 0 aromatic heterocycles. The quantitative estimate of drug-likeness (QED) is 0.598. The van der Waals surface area contributed by atoms with Crippen molar-refractivity contribution in [2.45, 2.75) is 51.6 Å². The molecule has 112 valence electrons. The molecule has 20 heavy (non-hydrogen) atoms. The van der Waals surface area contributed by atoms with Gasteiger partial charge in [-0.1, -0.05) is 13.8 Å². The molecule has 0 aromatic carbocycles. The predicted octanol–water partition coefficient (Wildman–Crippen LogP) is 0.379. The van der Waals surface area contributed by atoms with Gasteiger partial charge in [-0.25, -0.2) is 0 Å². The summed E-state index contributed by atoms with van der Waals surface area (Å²) in [5, 5.41) is 31.0. The van der Waals surface area contributed by atoms with E-state index < -0.39 is 29.3 Å². The van der Waals surface area contributed by atoms with Crippen molar-refractivity contribution in [2.75, 3.05) is 6.61 Å². The smallest absolute Gasteiger partial charge is 0.167 e. The van der Waals surface area contributed by atoms with E-state index in [1.54, 1.807) is 6.92 Å². The van der Waals surface area contributed by atoms with Crippen molar-refractivity contribution in [3.63, 3.8) is 0 Å². The summed E-state index contributed by atoms with van der Waals surface area (Å²) in [5.74, 6) is -0.997. The second-order valence-corrected chi connectivity index (χ2v) is 7.21. The average molecular weight is 282 g/mol. The molecule has 0 spiro atoms. The molecule has 3 aliphatic rings. The first-order chi connectivity index (χ1) is 9.16. The van der Waals surface area contributed by atoms with Gasteiger partial charge in [-0.2, -0.15) is 0 Å². The zero-order valence-corrected chi connectivity index (χ0v) is 12.1. The second kappa shape index (κ2) is 4.13. The van der Waals surface area contributed by atoms with Crippen molar-refractivity contribution in [1.82, 2.24) is 0 Å². The number of Topliss-reactive ketones (excluding diaryl/α,β-unsaturated/α-hetero) is 1. The summed E-state index contributed by atoms with van der Waals surface area (Å²) in [7, 11) is 0. The average Bonchev–Trinajstić information content (AvgIpc) is 2.60. The van der Waals surface area contributed by atoms with Crippen LogP contribution in [0.3, 0.4) is 0 Å². The van der Waals surface area contributed by atoms with Crippen molar-refractivity contribution in [3.8, 4) is 0 Å². The molecular formula is C15H22O5. The fourth-order valence-corrected chi connectivity index (χ4v) is 4.18. The maximum atomic E-state index is 12.6. The van der Waals surface area contributed by atoms with Crippen LogP contribution in [0, 0.1) is 17.3 Å². The molecule has 1 saturated carbocycles. The van der Waals surface area contributed by atoms with Crippen molar-refractivity contribution in [3.05, 3.63) is 11.1 Å². The lowest BCUT2D eigenvalue weighted by molar-refractivity contribution is -0.141. The summed E-state index contributed by atoms with van der Waals surface area (Å²) >= 11 is 0. The number of hydrogen-bond donors (Lipinski definition) is 3. The fourth-order valence-electron chi connectivity index (χ4n) is 4.18. The molecule has 0 bridgehead atoms. The molecule has 5 heteroatoms. The van der Waals surface area contributed by atoms with E-state index in [1.807, 2.05) is 13.8 Å². The Morgan fingerprint density at radius 3 is 2.55 bits per heavy atom. The maximum Gasteiger partial charge on any atom is 0.167 e. The first-order valence-corrected chi connectivity index (χ1v) is 7.13. The molecule has 0 saturated heterocycles. The van der Waals surface area contributed by atoms with Gasteiger partial charge >= 0.3 is 0 Å². The van der Waals surface area contributed by atoms with Crippen molar-refractivity contribution >= 4 is 5.78 Å². The van der Waals surface area contributed by atoms with Crippen LogP contribution in [0.5, 0.6) is 0 Å². The Morgan fingerprint density at radius 1 is 1.25 bits per heavy atom. The van der Waals surface area contributed by atoms with Crippen LogP contribution in [0.1, 0.15) is 33.6 Å². The molecule has 3 rings (SSSR count). The number of ether oxygens (including phenoxy) is 1. The van der Waals surface area contributed by atoms with Crippen LogP contribution in [-0.4, -0.2) is 45.7 Å². The first kappa shape index (κ1) is 14.2. The topological polar surface area (TPSA) is 87.0 Å². The Morgan fingerprint density at radius 2 is 1.90 bits per heavy atom. The highest BCUT2D eigenvalue weighted by molar-refractivity contribution is 6.00. The van der Waals surface area contributed by atoms with Crippen molar-refractivity contribution in [1.29, 1.82) is 0 Å². The highest BCUT2D eigenvalue weighted by Gasteiger charge is 2.61. The molecule has 5 nitrogen and oxygen atoms in total. The lowest BCUT2D eigenvalue weighted by Crippen LogP contribution is -2.51. The van der Waals surface area contributed by atoms with Crippen LogP contribution in [0.2, 0.25) is 0 Å². The van der Waals surface area contributed by atoms with Gasteiger partial charge in [0.15, 0.2) is 12.1 Å². The van der Waals surface area contributed by atoms with E-state index in [-0.39, 0.29) is 24.7 Å². The lowest BCUT2D eigenvalue weighted by Gasteiger charge is -2.44. The summed E-state index contributed by atoms with van der Waals surface area (Å²) in [6.45, 7) is 5.55. The van der Waals surface area contributed by atoms with Gasteiger partial charge in [-0.3, -0.25) is 4.79 Å². The number of carbonyl (C=O) groups is 1. The first-order valence-electron chi connectivity index (χ1n) is 7.13. The van der Waals surface area contributed by atoms with Gasteiger partial charge < -0.3 is 20.1 Å². The molecule has 1 aliphatic heterocycles. The Hall–Kier alpha value is -0.750. The van der Waals surface area contributed by atoms with Gasteiger partial charge in [-0.15, -0.1) is 0 Å². The highest BCUT2D eigenvalue weighted by Crippen LogP contribution is 2.56. The van der Waals surface area contributed by atoms with E-state index in [0.717, 1.165) is 0 Å². The minimum Gasteiger partial charge on any atom is -0.392 e. The third kappa shape index (κ3) is 1.73. The third-order valence-electron chi connectivity index (χ3n) is 5.42. The largest absolute Gasteiger partial charge is 0.392 e. The lowest BCUT2D eigenvalue weighted by atomic mass is 9.66. The van der Waals surface area contributed by atoms with E-state index in [4.69, 9.17) is 4.74 Å². The maximum absolute atomic E-state index is 12.6. The van der Waals surface area contributed by atoms with E-state index >= 15 is 0 Å². The molecule has 0 unspecified atom stereocenters. The summed E-state index contributed by atoms with van der Waals surface area (Å²) in [6.07, 6.45) is -0.977. The zero-order chi connectivity index (χ0) is 14.9. The SMILES string of the molecule is CC1(C)C[C@H]2[C@H](C(=O)C3=C(C[C@@H](O)OC3)[C@]2(C)O)[C@@H]1O. The van der Waals surface area contributed by atoms with Gasteiger partial charge in [0.1, 0.15) is 0 Å². The molecule has 0 aromatic rings. The van der Waals surface area contributed by atoms with Crippen LogP contribution in [0.15, 0.2) is 11.1 Å². The summed E-state index contributed by atoms with van der Waals surface area (Å²) < 4.78 is 5.13. The number of fused-ring (bicyclic) bond motifs is 1. The number of aliphatic hydroxyl groups is 3. The van der Waals surface area contributed by atoms with Gasteiger partial charge in [0.2, 0.25) is 0 Å². The van der Waals surface area contributed by atoms with Crippen LogP contribution < -0.4 is 0 Å². The summed E-state index contributed by atoms with van der Waals surface area (Å²) in [4.78, 5) is 12.6. The summed E-state index contributed by atoms with van der Waals surface area (Å²) in [6, 6.07) is 0. The number of ketones is 1. The van der Waals surface area contributed by atoms with Gasteiger partial charge in [0, 0.05) is 17.9 Å². The standard InChI is InChI=1S/C15H22O5/c1-14(2)5-9-11(13(14)18)12(17)7-6-20-10(16)4-8(7)15(9,3)19/h9-11,13,16,18-19H,4-6H2,1-3H3/t9-,10-,11+,13-,15-/m0/s1. The van der Waals surface area contributed by atoms with Gasteiger partial charge in [0.05, 0.1) is 24.2 Å². The predicted molar refractivity (Wildman–Crippen MR) is 70.6 cm³/mol. The van der Waals surface area contributed by atoms with Crippen LogP contribution >= 0.6 is 0 Å². The Bertz CT molecular complexity index is 490. The van der Waals surface area contributed by atoms with Crippen molar-refractivity contribution in [2.24, 2.45) is 17.3 Å². The number of rotatable bonds is 0. The normalized spacial score (nSPS) is 47.2. The Kier molecular flexibility index (Phi) is 2.93. The fraction of sp³-hybridized carbons (Fsp3) is 0.800.